The number of carboxylic acid groups (broad SMARTS) is 1. The molecule has 1 aromatic carbocycles. The molecule has 4 nitrogen and oxygen atoms in total. The average molecular weight is 299 g/mol. The summed E-state index contributed by atoms with van der Waals surface area (Å²) in [5, 5.41) is 17.5. The fraction of sp³-hybridized carbons (Fsp3) is 0.429. The van der Waals surface area contributed by atoms with Crippen LogP contribution in [-0.2, 0) is 11.0 Å². The SMILES string of the molecule is N#Cc1ccc(OC2(CC(=O)O)CCC2)c(C(F)(F)F)c1. The number of hydrogen-bond donors (Lipinski definition) is 1. The first kappa shape index (κ1) is 15.2. The zero-order valence-electron chi connectivity index (χ0n) is 10.9. The molecule has 1 aromatic rings. The number of alkyl halides is 3. The Bertz CT molecular complexity index is 600. The van der Waals surface area contributed by atoms with E-state index in [0.29, 0.717) is 25.3 Å². The molecule has 21 heavy (non-hydrogen) atoms. The number of rotatable bonds is 4. The van der Waals surface area contributed by atoms with Gasteiger partial charge in [-0.15, -0.1) is 0 Å². The number of hydrogen-bond acceptors (Lipinski definition) is 3. The molecule has 7 heteroatoms. The maximum atomic E-state index is 13.0. The van der Waals surface area contributed by atoms with Gasteiger partial charge in [0, 0.05) is 0 Å². The lowest BCUT2D eigenvalue weighted by atomic mass is 9.77. The first-order valence-corrected chi connectivity index (χ1v) is 6.28. The highest BCUT2D eigenvalue weighted by Gasteiger charge is 2.44. The molecule has 0 bridgehead atoms. The minimum Gasteiger partial charge on any atom is -0.486 e. The number of carbonyl (C=O) groups is 1. The Morgan fingerprint density at radius 2 is 2.10 bits per heavy atom. The van der Waals surface area contributed by atoms with Crippen LogP contribution >= 0.6 is 0 Å². The third-order valence-electron chi connectivity index (χ3n) is 3.48. The van der Waals surface area contributed by atoms with Crippen LogP contribution in [0.3, 0.4) is 0 Å². The van der Waals surface area contributed by atoms with Crippen LogP contribution < -0.4 is 4.74 Å². The van der Waals surface area contributed by atoms with Crippen molar-refractivity contribution in [1.82, 2.24) is 0 Å². The van der Waals surface area contributed by atoms with Gasteiger partial charge in [-0.1, -0.05) is 0 Å². The average Bonchev–Trinajstić information content (AvgIpc) is 2.34. The van der Waals surface area contributed by atoms with E-state index in [2.05, 4.69) is 0 Å². The summed E-state index contributed by atoms with van der Waals surface area (Å²) < 4.78 is 44.5. The summed E-state index contributed by atoms with van der Waals surface area (Å²) in [5.74, 6) is -1.54. The zero-order valence-corrected chi connectivity index (χ0v) is 10.9. The Labute approximate surface area is 118 Å². The van der Waals surface area contributed by atoms with Gasteiger partial charge >= 0.3 is 12.1 Å². The van der Waals surface area contributed by atoms with Crippen LogP contribution in [0.2, 0.25) is 0 Å². The maximum Gasteiger partial charge on any atom is 0.420 e. The number of carboxylic acids is 1. The number of nitrogens with zero attached hydrogens (tertiary/aromatic N) is 1. The third-order valence-corrected chi connectivity index (χ3v) is 3.48. The molecule has 0 aromatic heterocycles. The van der Waals surface area contributed by atoms with E-state index in [1.807, 2.05) is 0 Å². The quantitative estimate of drug-likeness (QED) is 0.925. The Kier molecular flexibility index (Phi) is 3.81. The van der Waals surface area contributed by atoms with Crippen molar-refractivity contribution in [3.63, 3.8) is 0 Å². The summed E-state index contributed by atoms with van der Waals surface area (Å²) in [5.41, 5.74) is -2.27. The molecule has 112 valence electrons. The van der Waals surface area contributed by atoms with Crippen molar-refractivity contribution in [2.45, 2.75) is 37.5 Å². The summed E-state index contributed by atoms with van der Waals surface area (Å²) in [7, 11) is 0. The number of ether oxygens (including phenoxy) is 1. The molecule has 1 aliphatic rings. The minimum absolute atomic E-state index is 0.129. The predicted molar refractivity (Wildman–Crippen MR) is 65.6 cm³/mol. The van der Waals surface area contributed by atoms with Crippen molar-refractivity contribution >= 4 is 5.97 Å². The molecule has 0 atom stereocenters. The summed E-state index contributed by atoms with van der Waals surface area (Å²) in [6, 6.07) is 4.64. The normalized spacial score (nSPS) is 16.7. The first-order chi connectivity index (χ1) is 9.76. The van der Waals surface area contributed by atoms with E-state index >= 15 is 0 Å². The van der Waals surface area contributed by atoms with Gasteiger partial charge in [0.1, 0.15) is 11.4 Å². The van der Waals surface area contributed by atoms with Crippen molar-refractivity contribution in [2.75, 3.05) is 0 Å². The molecule has 0 saturated heterocycles. The number of nitriles is 1. The van der Waals surface area contributed by atoms with E-state index in [0.717, 1.165) is 6.07 Å². The topological polar surface area (TPSA) is 70.3 Å². The van der Waals surface area contributed by atoms with E-state index in [1.54, 1.807) is 6.07 Å². The number of benzene rings is 1. The highest BCUT2D eigenvalue weighted by molar-refractivity contribution is 5.68. The monoisotopic (exact) mass is 299 g/mol. The molecule has 1 saturated carbocycles. The van der Waals surface area contributed by atoms with Crippen LogP contribution in [0.25, 0.3) is 0 Å². The van der Waals surface area contributed by atoms with Crippen molar-refractivity contribution < 1.29 is 27.8 Å². The summed E-state index contributed by atoms with van der Waals surface area (Å²) >= 11 is 0. The molecule has 2 rings (SSSR count). The maximum absolute atomic E-state index is 13.0. The fourth-order valence-electron chi connectivity index (χ4n) is 2.30. The second-order valence-electron chi connectivity index (χ2n) is 5.03. The zero-order chi connectivity index (χ0) is 15.7. The van der Waals surface area contributed by atoms with Gasteiger partial charge < -0.3 is 9.84 Å². The van der Waals surface area contributed by atoms with Gasteiger partial charge in [0.25, 0.3) is 0 Å². The molecule has 0 aliphatic heterocycles. The smallest absolute Gasteiger partial charge is 0.420 e. The Morgan fingerprint density at radius 1 is 1.43 bits per heavy atom. The second kappa shape index (κ2) is 5.28. The second-order valence-corrected chi connectivity index (χ2v) is 5.03. The molecule has 0 heterocycles. The van der Waals surface area contributed by atoms with Gasteiger partial charge in [-0.3, -0.25) is 4.79 Å². The summed E-state index contributed by atoms with van der Waals surface area (Å²) in [6.45, 7) is 0. The van der Waals surface area contributed by atoms with Gasteiger partial charge in [0.2, 0.25) is 0 Å². The van der Waals surface area contributed by atoms with Crippen LogP contribution in [0.1, 0.15) is 36.8 Å². The van der Waals surface area contributed by atoms with Crippen molar-refractivity contribution in [3.05, 3.63) is 29.3 Å². The minimum atomic E-state index is -4.67. The van der Waals surface area contributed by atoms with Crippen LogP contribution in [-0.4, -0.2) is 16.7 Å². The van der Waals surface area contributed by atoms with Crippen LogP contribution in [0, 0.1) is 11.3 Å². The highest BCUT2D eigenvalue weighted by Crippen LogP contribution is 2.43. The van der Waals surface area contributed by atoms with E-state index in [-0.39, 0.29) is 12.0 Å². The fourth-order valence-corrected chi connectivity index (χ4v) is 2.30. The van der Waals surface area contributed by atoms with E-state index < -0.39 is 29.1 Å². The van der Waals surface area contributed by atoms with Gasteiger partial charge in [-0.05, 0) is 37.5 Å². The lowest BCUT2D eigenvalue weighted by Crippen LogP contribution is -2.45. The summed E-state index contributed by atoms with van der Waals surface area (Å²) in [4.78, 5) is 10.8. The van der Waals surface area contributed by atoms with Crippen molar-refractivity contribution in [1.29, 1.82) is 5.26 Å². The molecule has 1 aliphatic carbocycles. The highest BCUT2D eigenvalue weighted by atomic mass is 19.4. The Morgan fingerprint density at radius 3 is 2.52 bits per heavy atom. The lowest BCUT2D eigenvalue weighted by molar-refractivity contribution is -0.147. The molecular weight excluding hydrogens is 287 g/mol. The number of aliphatic carboxylic acids is 1. The van der Waals surface area contributed by atoms with Crippen LogP contribution in [0.5, 0.6) is 5.75 Å². The van der Waals surface area contributed by atoms with Crippen molar-refractivity contribution in [3.8, 4) is 11.8 Å². The number of halogens is 3. The molecule has 1 fully saturated rings. The lowest BCUT2D eigenvalue weighted by Gasteiger charge is -2.41. The van der Waals surface area contributed by atoms with E-state index in [9.17, 15) is 18.0 Å². The molecule has 1 N–H and O–H groups in total. The van der Waals surface area contributed by atoms with E-state index in [1.165, 1.54) is 6.07 Å². The molecule has 0 unspecified atom stereocenters. The standard InChI is InChI=1S/C14H12F3NO3/c15-14(16,17)10-6-9(8-18)2-3-11(10)21-13(4-1-5-13)7-12(19)20/h2-3,6H,1,4-5,7H2,(H,19,20). The Hall–Kier alpha value is -2.23. The van der Waals surface area contributed by atoms with Crippen molar-refractivity contribution in [2.24, 2.45) is 0 Å². The first-order valence-electron chi connectivity index (χ1n) is 6.28. The third kappa shape index (κ3) is 3.27. The van der Waals surface area contributed by atoms with Gasteiger partial charge in [0.15, 0.2) is 0 Å². The van der Waals surface area contributed by atoms with Gasteiger partial charge in [0.05, 0.1) is 23.6 Å². The van der Waals surface area contributed by atoms with Crippen LogP contribution in [0.4, 0.5) is 13.2 Å². The van der Waals surface area contributed by atoms with E-state index in [4.69, 9.17) is 15.1 Å². The van der Waals surface area contributed by atoms with Gasteiger partial charge in [-0.25, -0.2) is 0 Å². The Balaban J connectivity index is 2.35. The molecule has 0 spiro atoms. The molecule has 0 radical (unpaired) electrons. The van der Waals surface area contributed by atoms with Gasteiger partial charge in [-0.2, -0.15) is 18.4 Å². The molecule has 0 amide bonds. The van der Waals surface area contributed by atoms with Crippen LogP contribution in [0.15, 0.2) is 18.2 Å². The largest absolute Gasteiger partial charge is 0.486 e. The summed E-state index contributed by atoms with van der Waals surface area (Å²) in [6.07, 6.45) is -3.50. The predicted octanol–water partition coefficient (Wildman–Crippen LogP) is 3.35. The molecular formula is C14H12F3NO3.